The molecule has 1 N–H and O–H groups in total. The maximum atomic E-state index is 13.8. The van der Waals surface area contributed by atoms with Crippen molar-refractivity contribution >= 4 is 34.5 Å². The molecule has 1 saturated heterocycles. The Morgan fingerprint density at radius 1 is 1.06 bits per heavy atom. The summed E-state index contributed by atoms with van der Waals surface area (Å²) in [6.07, 6.45) is 1.41. The zero-order chi connectivity index (χ0) is 22.1. The van der Waals surface area contributed by atoms with Crippen LogP contribution in [0.2, 0.25) is 0 Å². The summed E-state index contributed by atoms with van der Waals surface area (Å²) in [5.74, 6) is -0.356. The average molecular weight is 447 g/mol. The molecule has 1 fully saturated rings. The van der Waals surface area contributed by atoms with E-state index in [4.69, 9.17) is 0 Å². The third-order valence-electron chi connectivity index (χ3n) is 5.11. The molecular formula is C23H18FN5O2S. The van der Waals surface area contributed by atoms with Crippen molar-refractivity contribution in [2.24, 2.45) is 0 Å². The fourth-order valence-corrected chi connectivity index (χ4v) is 4.29. The van der Waals surface area contributed by atoms with E-state index in [-0.39, 0.29) is 11.7 Å². The van der Waals surface area contributed by atoms with E-state index in [0.717, 1.165) is 17.0 Å². The molecular weight excluding hydrogens is 429 g/mol. The second-order valence-electron chi connectivity index (χ2n) is 7.28. The average Bonchev–Trinajstić information content (AvgIpc) is 3.55. The second kappa shape index (κ2) is 8.35. The largest absolute Gasteiger partial charge is 0.319 e. The van der Waals surface area contributed by atoms with E-state index in [1.807, 2.05) is 17.5 Å². The predicted octanol–water partition coefficient (Wildman–Crippen LogP) is 4.51. The molecule has 9 heteroatoms. The third-order valence-corrected chi connectivity index (χ3v) is 5.98. The van der Waals surface area contributed by atoms with Gasteiger partial charge in [0, 0.05) is 24.3 Å². The number of carbonyl (C=O) groups excluding carboxylic acids is 2. The Hall–Kier alpha value is -3.85. The highest BCUT2D eigenvalue weighted by Crippen LogP contribution is 2.27. The first-order valence-electron chi connectivity index (χ1n) is 10.1. The van der Waals surface area contributed by atoms with Gasteiger partial charge in [0.05, 0.1) is 10.6 Å². The molecule has 5 rings (SSSR count). The summed E-state index contributed by atoms with van der Waals surface area (Å²) in [6.45, 7) is 0.706. The molecule has 4 aromatic rings. The van der Waals surface area contributed by atoms with Gasteiger partial charge in [-0.15, -0.1) is 16.4 Å². The van der Waals surface area contributed by atoms with Crippen LogP contribution in [0.1, 0.15) is 23.5 Å². The summed E-state index contributed by atoms with van der Waals surface area (Å²) >= 11 is 1.45. The van der Waals surface area contributed by atoms with Crippen molar-refractivity contribution in [2.75, 3.05) is 16.8 Å². The first-order valence-corrected chi connectivity index (χ1v) is 10.9. The smallest absolute Gasteiger partial charge is 0.295 e. The summed E-state index contributed by atoms with van der Waals surface area (Å²) in [5.41, 5.74) is 1.84. The standard InChI is InChI=1S/C23H18FN5O2S/c24-15-4-1-5-18(14-15)29-22(19-6-3-13-32-19)26-21(27-29)23(31)25-16-8-10-17(11-9-16)28-12-2-7-20(28)30/h1,3-6,8-11,13-14H,2,7,12H2,(H,25,31). The Kier molecular flexibility index (Phi) is 5.24. The molecule has 2 amide bonds. The van der Waals surface area contributed by atoms with E-state index in [1.165, 1.54) is 28.2 Å². The van der Waals surface area contributed by atoms with Crippen molar-refractivity contribution in [3.05, 3.63) is 77.7 Å². The van der Waals surface area contributed by atoms with Crippen LogP contribution in [0.15, 0.2) is 66.0 Å². The summed E-state index contributed by atoms with van der Waals surface area (Å²) < 4.78 is 15.3. The minimum Gasteiger partial charge on any atom is -0.319 e. The van der Waals surface area contributed by atoms with Crippen LogP contribution in [-0.2, 0) is 4.79 Å². The summed E-state index contributed by atoms with van der Waals surface area (Å²) in [4.78, 5) is 31.7. The van der Waals surface area contributed by atoms with Crippen LogP contribution < -0.4 is 10.2 Å². The predicted molar refractivity (Wildman–Crippen MR) is 121 cm³/mol. The van der Waals surface area contributed by atoms with Crippen molar-refractivity contribution in [1.82, 2.24) is 14.8 Å². The lowest BCUT2D eigenvalue weighted by Gasteiger charge is -2.15. The molecule has 2 aromatic heterocycles. The molecule has 1 aliphatic rings. The van der Waals surface area contributed by atoms with Gasteiger partial charge in [-0.05, 0) is 60.3 Å². The van der Waals surface area contributed by atoms with Gasteiger partial charge in [0.2, 0.25) is 11.7 Å². The van der Waals surface area contributed by atoms with Gasteiger partial charge in [-0.1, -0.05) is 12.1 Å². The molecule has 32 heavy (non-hydrogen) atoms. The molecule has 1 aliphatic heterocycles. The van der Waals surface area contributed by atoms with Gasteiger partial charge in [0.25, 0.3) is 5.91 Å². The number of rotatable bonds is 5. The van der Waals surface area contributed by atoms with Gasteiger partial charge in [-0.2, -0.15) is 0 Å². The number of anilines is 2. The van der Waals surface area contributed by atoms with Crippen LogP contribution in [0.4, 0.5) is 15.8 Å². The van der Waals surface area contributed by atoms with Gasteiger partial charge in [-0.25, -0.2) is 14.1 Å². The Bertz CT molecular complexity index is 1280. The van der Waals surface area contributed by atoms with Crippen LogP contribution in [0.3, 0.4) is 0 Å². The van der Waals surface area contributed by atoms with Gasteiger partial charge in [-0.3, -0.25) is 9.59 Å². The van der Waals surface area contributed by atoms with Crippen molar-refractivity contribution in [3.63, 3.8) is 0 Å². The number of thiophene rings is 1. The first kappa shape index (κ1) is 20.1. The zero-order valence-electron chi connectivity index (χ0n) is 16.9. The molecule has 7 nitrogen and oxygen atoms in total. The molecule has 0 atom stereocenters. The van der Waals surface area contributed by atoms with E-state index in [9.17, 15) is 14.0 Å². The topological polar surface area (TPSA) is 80.1 Å². The molecule has 0 spiro atoms. The monoisotopic (exact) mass is 447 g/mol. The van der Waals surface area contributed by atoms with Crippen LogP contribution in [0.25, 0.3) is 16.4 Å². The Labute approximate surface area is 187 Å². The van der Waals surface area contributed by atoms with Crippen LogP contribution in [-0.4, -0.2) is 33.1 Å². The quantitative estimate of drug-likeness (QED) is 0.488. The Balaban J connectivity index is 1.41. The lowest BCUT2D eigenvalue weighted by Crippen LogP contribution is -2.23. The highest BCUT2D eigenvalue weighted by molar-refractivity contribution is 7.13. The summed E-state index contributed by atoms with van der Waals surface area (Å²) in [6, 6.07) is 16.8. The number of hydrogen-bond acceptors (Lipinski definition) is 5. The number of halogens is 1. The number of amides is 2. The fraction of sp³-hybridized carbons (Fsp3) is 0.130. The van der Waals surface area contributed by atoms with E-state index >= 15 is 0 Å². The van der Waals surface area contributed by atoms with Gasteiger partial charge < -0.3 is 10.2 Å². The van der Waals surface area contributed by atoms with Crippen molar-refractivity contribution in [2.45, 2.75) is 12.8 Å². The molecule has 160 valence electrons. The number of nitrogens with zero attached hydrogens (tertiary/aromatic N) is 4. The van der Waals surface area contributed by atoms with E-state index < -0.39 is 11.7 Å². The van der Waals surface area contributed by atoms with Gasteiger partial charge >= 0.3 is 0 Å². The van der Waals surface area contributed by atoms with E-state index in [0.29, 0.717) is 30.2 Å². The van der Waals surface area contributed by atoms with Crippen molar-refractivity contribution < 1.29 is 14.0 Å². The SMILES string of the molecule is O=C(Nc1ccc(N2CCCC2=O)cc1)c1nc(-c2cccs2)n(-c2cccc(F)c2)n1. The summed E-state index contributed by atoms with van der Waals surface area (Å²) in [5, 5.41) is 9.02. The molecule has 0 aliphatic carbocycles. The van der Waals surface area contributed by atoms with Crippen LogP contribution in [0, 0.1) is 5.82 Å². The molecule has 2 aromatic carbocycles. The van der Waals surface area contributed by atoms with Crippen LogP contribution in [0.5, 0.6) is 0 Å². The minimum absolute atomic E-state index is 0.0311. The molecule has 0 radical (unpaired) electrons. The maximum Gasteiger partial charge on any atom is 0.295 e. The normalized spacial score (nSPS) is 13.5. The number of nitrogens with one attached hydrogen (secondary N) is 1. The number of hydrogen-bond donors (Lipinski definition) is 1. The van der Waals surface area contributed by atoms with E-state index in [2.05, 4.69) is 15.4 Å². The zero-order valence-corrected chi connectivity index (χ0v) is 17.7. The van der Waals surface area contributed by atoms with Crippen LogP contribution >= 0.6 is 11.3 Å². The molecule has 3 heterocycles. The van der Waals surface area contributed by atoms with Gasteiger partial charge in [0.15, 0.2) is 5.82 Å². The summed E-state index contributed by atoms with van der Waals surface area (Å²) in [7, 11) is 0. The lowest BCUT2D eigenvalue weighted by molar-refractivity contribution is -0.117. The molecule has 0 bridgehead atoms. The Morgan fingerprint density at radius 3 is 2.59 bits per heavy atom. The Morgan fingerprint density at radius 2 is 1.91 bits per heavy atom. The second-order valence-corrected chi connectivity index (χ2v) is 8.23. The van der Waals surface area contributed by atoms with Gasteiger partial charge in [0.1, 0.15) is 5.82 Å². The first-order chi connectivity index (χ1) is 15.6. The van der Waals surface area contributed by atoms with Crippen molar-refractivity contribution in [1.29, 1.82) is 0 Å². The van der Waals surface area contributed by atoms with E-state index in [1.54, 1.807) is 41.3 Å². The minimum atomic E-state index is -0.483. The molecule has 0 unspecified atom stereocenters. The third kappa shape index (κ3) is 3.90. The lowest BCUT2D eigenvalue weighted by atomic mass is 10.2. The maximum absolute atomic E-state index is 13.8. The number of benzene rings is 2. The number of carbonyl (C=O) groups is 2. The highest BCUT2D eigenvalue weighted by atomic mass is 32.1. The molecule has 0 saturated carbocycles. The fourth-order valence-electron chi connectivity index (χ4n) is 3.59. The number of aromatic nitrogens is 3. The van der Waals surface area contributed by atoms with Crippen molar-refractivity contribution in [3.8, 4) is 16.4 Å². The highest BCUT2D eigenvalue weighted by Gasteiger charge is 2.22.